The van der Waals surface area contributed by atoms with Gasteiger partial charge in [0.25, 0.3) is 0 Å². The number of carbonyl (C=O) groups is 1. The molecule has 2 unspecified atom stereocenters. The van der Waals surface area contributed by atoms with Gasteiger partial charge >= 0.3 is 5.97 Å². The zero-order valence-corrected chi connectivity index (χ0v) is 11.8. The molecule has 0 radical (unpaired) electrons. The van der Waals surface area contributed by atoms with E-state index in [2.05, 4.69) is 18.9 Å². The van der Waals surface area contributed by atoms with Gasteiger partial charge in [0.1, 0.15) is 5.58 Å². The van der Waals surface area contributed by atoms with Crippen molar-refractivity contribution in [3.05, 3.63) is 35.6 Å². The molecule has 4 heteroatoms. The second-order valence-corrected chi connectivity index (χ2v) is 5.96. The number of rotatable bonds is 5. The van der Waals surface area contributed by atoms with E-state index in [-0.39, 0.29) is 5.76 Å². The maximum Gasteiger partial charge on any atom is 0.371 e. The summed E-state index contributed by atoms with van der Waals surface area (Å²) >= 11 is 0. The smallest absolute Gasteiger partial charge is 0.371 e. The molecule has 1 N–H and O–H groups in total. The van der Waals surface area contributed by atoms with Crippen LogP contribution >= 0.6 is 0 Å². The lowest BCUT2D eigenvalue weighted by Crippen LogP contribution is -2.20. The highest BCUT2D eigenvalue weighted by molar-refractivity contribution is 5.91. The van der Waals surface area contributed by atoms with E-state index in [0.29, 0.717) is 5.58 Å². The van der Waals surface area contributed by atoms with Gasteiger partial charge < -0.3 is 14.4 Å². The number of benzene rings is 1. The molecule has 1 heterocycles. The van der Waals surface area contributed by atoms with E-state index in [1.807, 2.05) is 18.2 Å². The number of furan rings is 1. The van der Waals surface area contributed by atoms with Gasteiger partial charge in [0.05, 0.1) is 0 Å². The van der Waals surface area contributed by atoms with E-state index < -0.39 is 5.97 Å². The number of aromatic carboxylic acids is 1. The van der Waals surface area contributed by atoms with E-state index in [4.69, 9.17) is 9.52 Å². The van der Waals surface area contributed by atoms with Crippen molar-refractivity contribution in [1.29, 1.82) is 0 Å². The summed E-state index contributed by atoms with van der Waals surface area (Å²) in [7, 11) is 2.13. The fourth-order valence-electron chi connectivity index (χ4n) is 2.73. The largest absolute Gasteiger partial charge is 0.475 e. The number of nitrogens with zero attached hydrogens (tertiary/aromatic N) is 1. The minimum atomic E-state index is -1.03. The van der Waals surface area contributed by atoms with Crippen LogP contribution in [0.1, 0.15) is 29.5 Å². The van der Waals surface area contributed by atoms with Gasteiger partial charge in [0.15, 0.2) is 0 Å². The molecule has 0 spiro atoms. The van der Waals surface area contributed by atoms with Crippen molar-refractivity contribution in [2.45, 2.75) is 19.9 Å². The van der Waals surface area contributed by atoms with Crippen LogP contribution in [-0.2, 0) is 6.54 Å². The maximum atomic E-state index is 10.9. The quantitative estimate of drug-likeness (QED) is 0.908. The third kappa shape index (κ3) is 2.70. The van der Waals surface area contributed by atoms with Gasteiger partial charge in [-0.2, -0.15) is 0 Å². The molecule has 0 saturated heterocycles. The Hall–Kier alpha value is -1.81. The average molecular weight is 273 g/mol. The fourth-order valence-corrected chi connectivity index (χ4v) is 2.73. The van der Waals surface area contributed by atoms with Gasteiger partial charge in [-0.05, 0) is 49.1 Å². The lowest BCUT2D eigenvalue weighted by atomic mass is 10.1. The van der Waals surface area contributed by atoms with Gasteiger partial charge in [-0.25, -0.2) is 4.79 Å². The van der Waals surface area contributed by atoms with E-state index in [9.17, 15) is 4.79 Å². The lowest BCUT2D eigenvalue weighted by molar-refractivity contribution is 0.0665. The van der Waals surface area contributed by atoms with Crippen molar-refractivity contribution in [3.8, 4) is 0 Å². The molecule has 0 amide bonds. The van der Waals surface area contributed by atoms with Crippen LogP contribution in [0.15, 0.2) is 28.7 Å². The molecule has 0 bridgehead atoms. The first kappa shape index (κ1) is 13.2. The molecular formula is C16H19NO3. The van der Waals surface area contributed by atoms with Gasteiger partial charge in [-0.3, -0.25) is 0 Å². The fraction of sp³-hybridized carbons (Fsp3) is 0.438. The molecule has 2 atom stereocenters. The summed E-state index contributed by atoms with van der Waals surface area (Å²) in [6, 6.07) is 7.46. The van der Waals surface area contributed by atoms with Crippen LogP contribution in [-0.4, -0.2) is 29.6 Å². The topological polar surface area (TPSA) is 53.7 Å². The van der Waals surface area contributed by atoms with Gasteiger partial charge in [0.2, 0.25) is 5.76 Å². The highest BCUT2D eigenvalue weighted by Gasteiger charge is 2.32. The van der Waals surface area contributed by atoms with Crippen LogP contribution in [0.3, 0.4) is 0 Å². The zero-order chi connectivity index (χ0) is 14.3. The molecule has 2 aromatic rings. The second kappa shape index (κ2) is 4.94. The third-order valence-electron chi connectivity index (χ3n) is 4.07. The van der Waals surface area contributed by atoms with Gasteiger partial charge in [-0.1, -0.05) is 13.0 Å². The monoisotopic (exact) mass is 273 g/mol. The Morgan fingerprint density at radius 3 is 2.85 bits per heavy atom. The first-order valence-corrected chi connectivity index (χ1v) is 6.97. The highest BCUT2D eigenvalue weighted by atomic mass is 16.4. The SMILES string of the molecule is CC1CC1CN(C)Cc1ccc2oc(C(=O)O)cc2c1. The molecule has 20 heavy (non-hydrogen) atoms. The number of hydrogen-bond acceptors (Lipinski definition) is 3. The summed E-state index contributed by atoms with van der Waals surface area (Å²) in [5.74, 6) is 0.683. The van der Waals surface area contributed by atoms with Crippen LogP contribution in [0.5, 0.6) is 0 Å². The normalized spacial score (nSPS) is 21.6. The minimum Gasteiger partial charge on any atom is -0.475 e. The third-order valence-corrected chi connectivity index (χ3v) is 4.07. The Balaban J connectivity index is 1.73. The van der Waals surface area contributed by atoms with E-state index in [0.717, 1.165) is 30.3 Å². The Morgan fingerprint density at radius 1 is 1.45 bits per heavy atom. The Labute approximate surface area is 118 Å². The number of carboxylic acids is 1. The molecule has 1 aliphatic rings. The summed E-state index contributed by atoms with van der Waals surface area (Å²) in [5, 5.41) is 9.78. The van der Waals surface area contributed by atoms with Crippen molar-refractivity contribution < 1.29 is 14.3 Å². The summed E-state index contributed by atoms with van der Waals surface area (Å²) in [5.41, 5.74) is 1.82. The van der Waals surface area contributed by atoms with Crippen LogP contribution in [0.2, 0.25) is 0 Å². The molecular weight excluding hydrogens is 254 g/mol. The molecule has 1 saturated carbocycles. The summed E-state index contributed by atoms with van der Waals surface area (Å²) < 4.78 is 5.26. The van der Waals surface area contributed by atoms with Gasteiger partial charge in [-0.15, -0.1) is 0 Å². The Bertz CT molecular complexity index is 646. The molecule has 3 rings (SSSR count). The highest BCUT2D eigenvalue weighted by Crippen LogP contribution is 2.38. The van der Waals surface area contributed by atoms with Crippen molar-refractivity contribution in [2.24, 2.45) is 11.8 Å². The van der Waals surface area contributed by atoms with Crippen molar-refractivity contribution in [1.82, 2.24) is 4.90 Å². The Kier molecular flexibility index (Phi) is 3.26. The number of fused-ring (bicyclic) bond motifs is 1. The zero-order valence-electron chi connectivity index (χ0n) is 11.8. The van der Waals surface area contributed by atoms with E-state index in [1.165, 1.54) is 12.0 Å². The number of hydrogen-bond donors (Lipinski definition) is 1. The lowest BCUT2D eigenvalue weighted by Gasteiger charge is -2.16. The van der Waals surface area contributed by atoms with Crippen LogP contribution in [0.4, 0.5) is 0 Å². The van der Waals surface area contributed by atoms with Crippen molar-refractivity contribution in [2.75, 3.05) is 13.6 Å². The molecule has 1 aliphatic carbocycles. The molecule has 1 fully saturated rings. The van der Waals surface area contributed by atoms with E-state index >= 15 is 0 Å². The first-order valence-electron chi connectivity index (χ1n) is 6.97. The summed E-state index contributed by atoms with van der Waals surface area (Å²) in [6.07, 6.45) is 1.34. The molecule has 1 aromatic carbocycles. The van der Waals surface area contributed by atoms with Crippen molar-refractivity contribution in [3.63, 3.8) is 0 Å². The standard InChI is InChI=1S/C16H19NO3/c1-10-5-13(10)9-17(2)8-11-3-4-14-12(6-11)7-15(20-14)16(18)19/h3-4,6-7,10,13H,5,8-9H2,1-2H3,(H,18,19). The first-order chi connectivity index (χ1) is 9.52. The van der Waals surface area contributed by atoms with Crippen LogP contribution < -0.4 is 0 Å². The number of carboxylic acid groups (broad SMARTS) is 1. The van der Waals surface area contributed by atoms with Crippen LogP contribution in [0.25, 0.3) is 11.0 Å². The molecule has 1 aromatic heterocycles. The maximum absolute atomic E-state index is 10.9. The Morgan fingerprint density at radius 2 is 2.20 bits per heavy atom. The van der Waals surface area contributed by atoms with Crippen molar-refractivity contribution >= 4 is 16.9 Å². The molecule has 106 valence electrons. The van der Waals surface area contributed by atoms with Gasteiger partial charge in [0, 0.05) is 18.5 Å². The summed E-state index contributed by atoms with van der Waals surface area (Å²) in [4.78, 5) is 13.2. The summed E-state index contributed by atoms with van der Waals surface area (Å²) in [6.45, 7) is 4.31. The minimum absolute atomic E-state index is 0.00249. The predicted molar refractivity (Wildman–Crippen MR) is 76.8 cm³/mol. The second-order valence-electron chi connectivity index (χ2n) is 5.96. The van der Waals surface area contributed by atoms with Crippen LogP contribution in [0, 0.1) is 11.8 Å². The molecule has 4 nitrogen and oxygen atoms in total. The van der Waals surface area contributed by atoms with E-state index in [1.54, 1.807) is 6.07 Å². The molecule has 0 aliphatic heterocycles. The predicted octanol–water partition coefficient (Wildman–Crippen LogP) is 3.22. The average Bonchev–Trinajstić information content (AvgIpc) is 2.90.